The average molecular weight is 341 g/mol. The fourth-order valence-corrected chi connectivity index (χ4v) is 2.26. The van der Waals surface area contributed by atoms with Crippen LogP contribution in [0, 0.1) is 12.0 Å². The summed E-state index contributed by atoms with van der Waals surface area (Å²) in [5.74, 6) is -0.421. The second-order valence-corrected chi connectivity index (χ2v) is 5.35. The number of nitrogens with zero attached hydrogens (tertiary/aromatic N) is 3. The van der Waals surface area contributed by atoms with Crippen LogP contribution in [-0.4, -0.2) is 42.9 Å². The molecular weight excluding hydrogens is 322 g/mol. The van der Waals surface area contributed by atoms with Crippen molar-refractivity contribution in [2.24, 2.45) is 0 Å². The molecule has 0 unspecified atom stereocenters. The number of carbonyl (C=O) groups is 1. The molecular formula is C17H19N5O3+2. The van der Waals surface area contributed by atoms with Gasteiger partial charge in [0.05, 0.1) is 40.6 Å². The molecule has 128 valence electrons. The number of pyridine rings is 1. The molecule has 1 heterocycles. The zero-order valence-electron chi connectivity index (χ0n) is 14.1. The van der Waals surface area contributed by atoms with E-state index in [-0.39, 0.29) is 17.3 Å². The first kappa shape index (κ1) is 17.7. The Morgan fingerprint density at radius 1 is 1.44 bits per heavy atom. The number of aromatic nitrogens is 1. The van der Waals surface area contributed by atoms with E-state index in [0.29, 0.717) is 21.7 Å². The molecule has 1 aliphatic rings. The van der Waals surface area contributed by atoms with Gasteiger partial charge in [-0.25, -0.2) is 0 Å². The maximum Gasteiger partial charge on any atom is 0.417 e. The van der Waals surface area contributed by atoms with Gasteiger partial charge in [0, 0.05) is 20.2 Å². The molecule has 0 aliphatic heterocycles. The van der Waals surface area contributed by atoms with Crippen molar-refractivity contribution in [2.45, 2.75) is 0 Å². The molecule has 25 heavy (non-hydrogen) atoms. The lowest BCUT2D eigenvalue weighted by Crippen LogP contribution is -2.43. The number of hydrogen-bond donors (Lipinski definition) is 3. The Kier molecular flexibility index (Phi) is 5.19. The highest BCUT2D eigenvalue weighted by Crippen LogP contribution is 2.21. The van der Waals surface area contributed by atoms with E-state index < -0.39 is 5.91 Å². The second-order valence-electron chi connectivity index (χ2n) is 5.35. The summed E-state index contributed by atoms with van der Waals surface area (Å²) < 4.78 is 5.64. The molecule has 2 rings (SSSR count). The third-order valence-corrected chi connectivity index (χ3v) is 3.48. The van der Waals surface area contributed by atoms with Gasteiger partial charge in [-0.15, -0.1) is 0 Å². The summed E-state index contributed by atoms with van der Waals surface area (Å²) in [6, 6.07) is 4.56. The van der Waals surface area contributed by atoms with E-state index in [0.717, 1.165) is 0 Å². The number of nitrogens with one attached hydrogen (secondary N) is 2. The van der Waals surface area contributed by atoms with Gasteiger partial charge in [-0.05, 0) is 23.1 Å². The van der Waals surface area contributed by atoms with Gasteiger partial charge in [0.2, 0.25) is 0 Å². The van der Waals surface area contributed by atoms with Crippen LogP contribution in [0.1, 0.15) is 10.5 Å². The van der Waals surface area contributed by atoms with Crippen LogP contribution in [0.25, 0.3) is 4.85 Å². The van der Waals surface area contributed by atoms with Crippen molar-refractivity contribution in [1.82, 2.24) is 10.2 Å². The summed E-state index contributed by atoms with van der Waals surface area (Å²) >= 11 is 0. The normalized spacial score (nSPS) is 15.1. The van der Waals surface area contributed by atoms with Gasteiger partial charge < -0.3 is 15.0 Å². The van der Waals surface area contributed by atoms with Gasteiger partial charge >= 0.3 is 23.7 Å². The molecule has 0 saturated heterocycles. The SMILES string of the molecule is C#[N+]/C=C1/C=C(NC(=O)c2cccc(OC)[n+]2O)C(N(C)C)=CC1=N. The van der Waals surface area contributed by atoms with Crippen molar-refractivity contribution in [2.75, 3.05) is 21.2 Å². The van der Waals surface area contributed by atoms with Crippen LogP contribution in [0.5, 0.6) is 5.88 Å². The summed E-state index contributed by atoms with van der Waals surface area (Å²) in [5.41, 5.74) is 1.73. The van der Waals surface area contributed by atoms with E-state index in [1.807, 2.05) is 0 Å². The van der Waals surface area contributed by atoms with E-state index in [1.54, 1.807) is 37.2 Å². The Morgan fingerprint density at radius 2 is 2.16 bits per heavy atom. The van der Waals surface area contributed by atoms with Crippen molar-refractivity contribution in [3.63, 3.8) is 0 Å². The molecule has 8 nitrogen and oxygen atoms in total. The zero-order chi connectivity index (χ0) is 18.6. The molecule has 0 saturated carbocycles. The van der Waals surface area contributed by atoms with Gasteiger partial charge in [-0.3, -0.25) is 15.4 Å². The largest absolute Gasteiger partial charge is 0.445 e. The van der Waals surface area contributed by atoms with Crippen LogP contribution in [0.4, 0.5) is 0 Å². The molecule has 1 amide bonds. The highest BCUT2D eigenvalue weighted by molar-refractivity contribution is 6.11. The second kappa shape index (κ2) is 7.31. The van der Waals surface area contributed by atoms with Crippen LogP contribution in [0.3, 0.4) is 0 Å². The van der Waals surface area contributed by atoms with Crippen molar-refractivity contribution in [3.05, 3.63) is 64.1 Å². The number of likely N-dealkylation sites (N-methyl/N-ethyl adjacent to an activating group) is 1. The number of rotatable bonds is 4. The monoisotopic (exact) mass is 341 g/mol. The first-order chi connectivity index (χ1) is 11.9. The van der Waals surface area contributed by atoms with Crippen molar-refractivity contribution in [1.29, 1.82) is 5.41 Å². The Morgan fingerprint density at radius 3 is 2.76 bits per heavy atom. The van der Waals surface area contributed by atoms with Gasteiger partial charge in [0.25, 0.3) is 6.57 Å². The van der Waals surface area contributed by atoms with Crippen molar-refractivity contribution < 1.29 is 19.5 Å². The topological polar surface area (TPSA) is 93.9 Å². The van der Waals surface area contributed by atoms with Gasteiger partial charge in [0.1, 0.15) is 0 Å². The highest BCUT2D eigenvalue weighted by atomic mass is 16.5. The first-order valence-corrected chi connectivity index (χ1v) is 7.29. The van der Waals surface area contributed by atoms with Crippen LogP contribution in [-0.2, 0) is 0 Å². The molecule has 0 radical (unpaired) electrons. The Hall–Kier alpha value is -3.60. The summed E-state index contributed by atoms with van der Waals surface area (Å²) in [4.78, 5) is 17.7. The van der Waals surface area contributed by atoms with E-state index in [9.17, 15) is 10.0 Å². The average Bonchev–Trinajstić information content (AvgIpc) is 2.57. The molecule has 1 aromatic rings. The predicted molar refractivity (Wildman–Crippen MR) is 91.8 cm³/mol. The fraction of sp³-hybridized carbons (Fsp3) is 0.176. The van der Waals surface area contributed by atoms with Crippen LogP contribution in [0.2, 0.25) is 0 Å². The number of methoxy groups -OCH3 is 1. The Labute approximate surface area is 145 Å². The van der Waals surface area contributed by atoms with Gasteiger partial charge in [0.15, 0.2) is 0 Å². The minimum absolute atomic E-state index is 0.00644. The number of ether oxygens (including phenoxy) is 1. The van der Waals surface area contributed by atoms with E-state index in [1.165, 1.54) is 25.4 Å². The lowest BCUT2D eigenvalue weighted by molar-refractivity contribution is -0.907. The van der Waals surface area contributed by atoms with Crippen LogP contribution < -0.4 is 14.8 Å². The third-order valence-electron chi connectivity index (χ3n) is 3.48. The molecule has 1 aromatic heterocycles. The standard InChI is InChI=1S/C17H18N5O3/c1-19-10-11-8-13(15(21(2)3)9-12(11)18)20-17(23)14-6-5-7-16(25-4)22(14)24/h1,5-10,18H,2-4H3,(H-,20,23,24)/q+1/p+1/b11-10-,18-12?. The zero-order valence-corrected chi connectivity index (χ0v) is 14.1. The molecule has 3 N–H and O–H groups in total. The number of allylic oxidation sites excluding steroid dienone is 3. The minimum Gasteiger partial charge on any atom is -0.445 e. The number of hydrogen-bond acceptors (Lipinski definition) is 5. The number of carbonyl (C=O) groups excluding carboxylic acids is 1. The van der Waals surface area contributed by atoms with E-state index in [2.05, 4.69) is 10.2 Å². The smallest absolute Gasteiger partial charge is 0.417 e. The van der Waals surface area contributed by atoms with Crippen molar-refractivity contribution >= 4 is 11.6 Å². The lowest BCUT2D eigenvalue weighted by Gasteiger charge is -2.23. The Balaban J connectivity index is 2.39. The van der Waals surface area contributed by atoms with E-state index in [4.69, 9.17) is 16.7 Å². The summed E-state index contributed by atoms with van der Waals surface area (Å²) in [7, 11) is 4.97. The minimum atomic E-state index is -0.544. The molecule has 0 bridgehead atoms. The third kappa shape index (κ3) is 3.67. The fourth-order valence-electron chi connectivity index (χ4n) is 2.26. The molecule has 8 heteroatoms. The molecule has 0 atom stereocenters. The molecule has 0 spiro atoms. The van der Waals surface area contributed by atoms with Crippen molar-refractivity contribution in [3.8, 4) is 12.5 Å². The predicted octanol–water partition coefficient (Wildman–Crippen LogP) is 1.16. The van der Waals surface area contributed by atoms with E-state index >= 15 is 0 Å². The van der Waals surface area contributed by atoms with Crippen LogP contribution >= 0.6 is 0 Å². The van der Waals surface area contributed by atoms with Crippen LogP contribution in [0.15, 0.2) is 53.5 Å². The Bertz CT molecular complexity index is 860. The first-order valence-electron chi connectivity index (χ1n) is 7.29. The quantitative estimate of drug-likeness (QED) is 0.566. The maximum absolute atomic E-state index is 12.6. The summed E-state index contributed by atoms with van der Waals surface area (Å²) in [6.07, 6.45) is 4.51. The lowest BCUT2D eigenvalue weighted by atomic mass is 10.0. The molecule has 0 aromatic carbocycles. The van der Waals surface area contributed by atoms with Gasteiger partial charge in [-0.1, -0.05) is 0 Å². The highest BCUT2D eigenvalue weighted by Gasteiger charge is 2.27. The molecule has 1 aliphatic carbocycles. The number of amides is 1. The molecule has 0 fully saturated rings. The summed E-state index contributed by atoms with van der Waals surface area (Å²) in [6.45, 7) is 5.16. The maximum atomic E-state index is 12.6. The van der Waals surface area contributed by atoms with Gasteiger partial charge in [-0.2, -0.15) is 0 Å². The summed E-state index contributed by atoms with van der Waals surface area (Å²) in [5, 5.41) is 20.8.